The van der Waals surface area contributed by atoms with Crippen molar-refractivity contribution in [1.82, 2.24) is 23.1 Å². The molecule has 5 aromatic heterocycles. The lowest BCUT2D eigenvalue weighted by molar-refractivity contribution is 0.669. The fourth-order valence-electron chi connectivity index (χ4n) is 8.43. The van der Waals surface area contributed by atoms with E-state index in [1.165, 1.54) is 21.8 Å². The predicted octanol–water partition coefficient (Wildman–Crippen LogP) is 11.4. The summed E-state index contributed by atoms with van der Waals surface area (Å²) in [5.74, 6) is 0.870. The highest BCUT2D eigenvalue weighted by Gasteiger charge is 2.24. The van der Waals surface area contributed by atoms with Crippen LogP contribution in [0, 0.1) is 0 Å². The largest absolute Gasteiger partial charge is 0.456 e. The molecule has 6 heteroatoms. The number of benzene rings is 7. The highest BCUT2D eigenvalue weighted by molar-refractivity contribution is 6.12. The Morgan fingerprint density at radius 1 is 0.373 bits per heavy atom. The number of aromatic nitrogens is 5. The van der Waals surface area contributed by atoms with Gasteiger partial charge in [-0.15, -0.1) is 0 Å². The van der Waals surface area contributed by atoms with Crippen LogP contribution in [0.1, 0.15) is 0 Å². The van der Waals surface area contributed by atoms with Gasteiger partial charge in [0.15, 0.2) is 5.65 Å². The lowest BCUT2D eigenvalue weighted by atomic mass is 10.1. The first-order valence-electron chi connectivity index (χ1n) is 17.2. The number of fused-ring (bicyclic) bond motifs is 13. The molecule has 51 heavy (non-hydrogen) atoms. The molecule has 12 aromatic rings. The first kappa shape index (κ1) is 26.9. The molecule has 0 fully saturated rings. The van der Waals surface area contributed by atoms with Gasteiger partial charge >= 0.3 is 0 Å². The average molecular weight is 654 g/mol. The van der Waals surface area contributed by atoms with Crippen LogP contribution in [-0.4, -0.2) is 23.1 Å². The molecule has 0 unspecified atom stereocenters. The Bertz CT molecular complexity index is 3370. The Morgan fingerprint density at radius 3 is 1.80 bits per heavy atom. The van der Waals surface area contributed by atoms with Crippen LogP contribution in [0.5, 0.6) is 0 Å². The van der Waals surface area contributed by atoms with Crippen LogP contribution >= 0.6 is 0 Å². The minimum Gasteiger partial charge on any atom is -0.456 e. The molecule has 5 heterocycles. The van der Waals surface area contributed by atoms with Crippen LogP contribution in [0.15, 0.2) is 168 Å². The summed E-state index contributed by atoms with van der Waals surface area (Å²) in [5, 5.41) is 5.79. The second-order valence-electron chi connectivity index (χ2n) is 13.3. The van der Waals surface area contributed by atoms with E-state index in [1.54, 1.807) is 0 Å². The molecule has 0 aliphatic rings. The highest BCUT2D eigenvalue weighted by atomic mass is 16.3. The summed E-state index contributed by atoms with van der Waals surface area (Å²) < 4.78 is 15.5. The number of imidazole rings is 2. The minimum atomic E-state index is 0.870. The molecule has 0 amide bonds. The molecule has 0 bridgehead atoms. The van der Waals surface area contributed by atoms with E-state index >= 15 is 0 Å². The number of hydrogen-bond donors (Lipinski definition) is 0. The fourth-order valence-corrected chi connectivity index (χ4v) is 8.43. The maximum absolute atomic E-state index is 6.20. The third kappa shape index (κ3) is 3.52. The van der Waals surface area contributed by atoms with Crippen LogP contribution in [0.25, 0.3) is 99.7 Å². The second-order valence-corrected chi connectivity index (χ2v) is 13.3. The van der Waals surface area contributed by atoms with E-state index in [4.69, 9.17) is 9.40 Å². The van der Waals surface area contributed by atoms with Gasteiger partial charge in [0.05, 0.1) is 33.3 Å². The van der Waals surface area contributed by atoms with E-state index < -0.39 is 0 Å². The SMILES string of the molecule is c1ccc(-n2c3ccccc3c3cc(-n4c5ccccc5c5c4nc4n(-c6ccc7oc8ccccc8c7c6)c6ccccc6n54)ccc32)cc1. The van der Waals surface area contributed by atoms with Gasteiger partial charge in [-0.25, -0.2) is 0 Å². The number of nitrogens with zero attached hydrogens (tertiary/aromatic N) is 5. The molecule has 0 radical (unpaired) electrons. The lowest BCUT2D eigenvalue weighted by Crippen LogP contribution is -1.97. The molecular weight excluding hydrogens is 627 g/mol. The zero-order valence-electron chi connectivity index (χ0n) is 27.2. The van der Waals surface area contributed by atoms with Crippen LogP contribution in [0.4, 0.5) is 0 Å². The Labute approximate surface area is 290 Å². The van der Waals surface area contributed by atoms with Gasteiger partial charge in [-0.2, -0.15) is 4.98 Å². The third-order valence-corrected chi connectivity index (χ3v) is 10.6. The Hall–Kier alpha value is -7.05. The number of para-hydroxylation sites is 6. The number of furan rings is 1. The predicted molar refractivity (Wildman–Crippen MR) is 208 cm³/mol. The molecule has 0 aliphatic heterocycles. The topological polar surface area (TPSA) is 45.2 Å². The fraction of sp³-hybridized carbons (Fsp3) is 0. The smallest absolute Gasteiger partial charge is 0.222 e. The van der Waals surface area contributed by atoms with Crippen LogP contribution < -0.4 is 0 Å². The Kier molecular flexibility index (Phi) is 5.14. The van der Waals surface area contributed by atoms with Crippen molar-refractivity contribution in [3.8, 4) is 17.1 Å². The van der Waals surface area contributed by atoms with Gasteiger partial charge in [-0.05, 0) is 78.9 Å². The average Bonchev–Trinajstić information content (AvgIpc) is 3.97. The monoisotopic (exact) mass is 653 g/mol. The van der Waals surface area contributed by atoms with Crippen molar-refractivity contribution in [1.29, 1.82) is 0 Å². The van der Waals surface area contributed by atoms with Crippen molar-refractivity contribution in [3.05, 3.63) is 164 Å². The zero-order chi connectivity index (χ0) is 33.2. The van der Waals surface area contributed by atoms with Crippen molar-refractivity contribution in [3.63, 3.8) is 0 Å². The quantitative estimate of drug-likeness (QED) is 0.190. The molecule has 0 spiro atoms. The van der Waals surface area contributed by atoms with E-state index in [9.17, 15) is 0 Å². The van der Waals surface area contributed by atoms with Crippen molar-refractivity contribution in [2.75, 3.05) is 0 Å². The van der Waals surface area contributed by atoms with Gasteiger partial charge in [0, 0.05) is 38.3 Å². The van der Waals surface area contributed by atoms with Crippen molar-refractivity contribution < 1.29 is 4.42 Å². The summed E-state index contributed by atoms with van der Waals surface area (Å²) in [6.45, 7) is 0. The van der Waals surface area contributed by atoms with Gasteiger partial charge in [0.25, 0.3) is 0 Å². The summed E-state index contributed by atoms with van der Waals surface area (Å²) in [7, 11) is 0. The van der Waals surface area contributed by atoms with E-state index in [1.807, 2.05) is 12.1 Å². The maximum Gasteiger partial charge on any atom is 0.222 e. The molecule has 0 aliphatic carbocycles. The van der Waals surface area contributed by atoms with Crippen LogP contribution in [0.2, 0.25) is 0 Å². The van der Waals surface area contributed by atoms with Gasteiger partial charge in [-0.1, -0.05) is 84.9 Å². The van der Waals surface area contributed by atoms with Crippen molar-refractivity contribution in [2.24, 2.45) is 0 Å². The van der Waals surface area contributed by atoms with E-state index in [-0.39, 0.29) is 0 Å². The third-order valence-electron chi connectivity index (χ3n) is 10.6. The molecular formula is C45H27N5O. The van der Waals surface area contributed by atoms with Gasteiger partial charge in [0.2, 0.25) is 5.78 Å². The number of hydrogen-bond acceptors (Lipinski definition) is 2. The standard InChI is InChI=1S/C45H27N5O/c1-2-12-28(13-3-1)47-36-17-7-4-14-31(36)34-26-29(22-24-38(34)47)48-37-18-8-5-16-33(37)43-44(48)46-45-49(39-19-9-10-20-40(39)50(43)45)30-23-25-42-35(27-30)32-15-6-11-21-41(32)51-42/h1-27H. The maximum atomic E-state index is 6.20. The van der Waals surface area contributed by atoms with Crippen LogP contribution in [-0.2, 0) is 0 Å². The summed E-state index contributed by atoms with van der Waals surface area (Å²) in [5.41, 5.74) is 12.7. The molecule has 12 rings (SSSR count). The van der Waals surface area contributed by atoms with E-state index in [2.05, 4.69) is 170 Å². The van der Waals surface area contributed by atoms with Gasteiger partial charge < -0.3 is 8.98 Å². The zero-order valence-corrected chi connectivity index (χ0v) is 27.2. The Balaban J connectivity index is 1.17. The lowest BCUT2D eigenvalue weighted by Gasteiger charge is -2.09. The minimum absolute atomic E-state index is 0.870. The summed E-state index contributed by atoms with van der Waals surface area (Å²) >= 11 is 0. The molecule has 238 valence electrons. The Morgan fingerprint density at radius 2 is 0.961 bits per heavy atom. The van der Waals surface area contributed by atoms with E-state index in [0.29, 0.717) is 0 Å². The first-order chi connectivity index (χ1) is 25.3. The summed E-state index contributed by atoms with van der Waals surface area (Å²) in [6, 6.07) is 58.1. The highest BCUT2D eigenvalue weighted by Crippen LogP contribution is 2.40. The van der Waals surface area contributed by atoms with Gasteiger partial charge in [0.1, 0.15) is 16.7 Å². The van der Waals surface area contributed by atoms with Crippen molar-refractivity contribution in [2.45, 2.75) is 0 Å². The summed E-state index contributed by atoms with van der Waals surface area (Å²) in [4.78, 5) is 5.53. The molecule has 7 aromatic carbocycles. The first-order valence-corrected chi connectivity index (χ1v) is 17.2. The van der Waals surface area contributed by atoms with E-state index in [0.717, 1.165) is 77.9 Å². The van der Waals surface area contributed by atoms with Crippen molar-refractivity contribution >= 4 is 82.6 Å². The number of rotatable bonds is 3. The molecule has 0 atom stereocenters. The molecule has 0 N–H and O–H groups in total. The molecule has 0 saturated heterocycles. The summed E-state index contributed by atoms with van der Waals surface area (Å²) in [6.07, 6.45) is 0. The second kappa shape index (κ2) is 9.77. The normalized spacial score (nSPS) is 12.3. The molecule has 6 nitrogen and oxygen atoms in total. The van der Waals surface area contributed by atoms with Crippen LogP contribution in [0.3, 0.4) is 0 Å². The van der Waals surface area contributed by atoms with Gasteiger partial charge in [-0.3, -0.25) is 13.5 Å². The molecule has 0 saturated carbocycles.